The molecule has 0 aromatic carbocycles. The summed E-state index contributed by atoms with van der Waals surface area (Å²) >= 11 is 1.34. The van der Waals surface area contributed by atoms with Crippen molar-refractivity contribution in [1.82, 2.24) is 9.97 Å². The Morgan fingerprint density at radius 2 is 1.84 bits per heavy atom. The van der Waals surface area contributed by atoms with Gasteiger partial charge in [0.1, 0.15) is 5.82 Å². The molecule has 1 amide bonds. The van der Waals surface area contributed by atoms with Crippen LogP contribution < -0.4 is 10.2 Å². The largest absolute Gasteiger partial charge is 0.418 e. The Labute approximate surface area is 186 Å². The molecule has 0 spiro atoms. The third kappa shape index (κ3) is 4.67. The maximum Gasteiger partial charge on any atom is 0.418 e. The van der Waals surface area contributed by atoms with Crippen molar-refractivity contribution < 1.29 is 26.7 Å². The molecule has 2 atom stereocenters. The topological polar surface area (TPSA) is 58.1 Å². The van der Waals surface area contributed by atoms with Gasteiger partial charge in [-0.25, -0.2) is 18.7 Å². The molecule has 1 aliphatic rings. The lowest BCUT2D eigenvalue weighted by molar-refractivity contribution is -0.138. The molecule has 3 rings (SSSR count). The lowest BCUT2D eigenvalue weighted by atomic mass is 9.86. The van der Waals surface area contributed by atoms with Crippen molar-refractivity contribution >= 4 is 29.2 Å². The number of carbonyl (C=O) groups is 1. The molecule has 174 valence electrons. The van der Waals surface area contributed by atoms with E-state index in [1.54, 1.807) is 12.3 Å². The standard InChI is InChI=1S/C21H23F5N4OS/c1-11-9-30(10-12(2)20(11,22)23)18-17(13(3)15(8-28-18)21(24,25)26)19(31)29-14-5-6-27-16(7-14)32-4/h5-8,11-12H,9-10H2,1-4H3,(H,27,29,31). The maximum atomic E-state index is 14.3. The summed E-state index contributed by atoms with van der Waals surface area (Å²) in [7, 11) is 0. The monoisotopic (exact) mass is 474 g/mol. The van der Waals surface area contributed by atoms with Crippen molar-refractivity contribution in [2.24, 2.45) is 11.8 Å². The zero-order valence-corrected chi connectivity index (χ0v) is 18.7. The van der Waals surface area contributed by atoms with E-state index in [1.807, 2.05) is 0 Å². The Morgan fingerprint density at radius 3 is 2.41 bits per heavy atom. The number of nitrogens with one attached hydrogen (secondary N) is 1. The first kappa shape index (κ1) is 24.2. The maximum absolute atomic E-state index is 14.3. The predicted octanol–water partition coefficient (Wildman–Crippen LogP) is 5.51. The number of pyridine rings is 2. The van der Waals surface area contributed by atoms with Crippen LogP contribution in [0.15, 0.2) is 29.6 Å². The number of alkyl halides is 5. The molecule has 2 aromatic heterocycles. The van der Waals surface area contributed by atoms with Crippen molar-refractivity contribution in [2.45, 2.75) is 37.9 Å². The second-order valence-electron chi connectivity index (χ2n) is 7.92. The number of hydrogen-bond donors (Lipinski definition) is 1. The average Bonchev–Trinajstić information content (AvgIpc) is 2.70. The molecule has 5 nitrogen and oxygen atoms in total. The highest BCUT2D eigenvalue weighted by Gasteiger charge is 2.48. The molecule has 0 bridgehead atoms. The van der Waals surface area contributed by atoms with E-state index >= 15 is 0 Å². The zero-order chi connectivity index (χ0) is 23.8. The van der Waals surface area contributed by atoms with Crippen molar-refractivity contribution in [1.29, 1.82) is 0 Å². The molecule has 1 saturated heterocycles. The van der Waals surface area contributed by atoms with Gasteiger partial charge in [0, 0.05) is 43.0 Å². The zero-order valence-electron chi connectivity index (χ0n) is 17.9. The van der Waals surface area contributed by atoms with E-state index in [4.69, 9.17) is 0 Å². The molecule has 0 aliphatic carbocycles. The molecule has 3 heterocycles. The van der Waals surface area contributed by atoms with Gasteiger partial charge in [-0.15, -0.1) is 11.8 Å². The van der Waals surface area contributed by atoms with Crippen LogP contribution in [0.25, 0.3) is 0 Å². The first-order chi connectivity index (χ1) is 14.9. The minimum atomic E-state index is -4.72. The number of piperidine rings is 1. The van der Waals surface area contributed by atoms with E-state index in [9.17, 15) is 26.7 Å². The summed E-state index contributed by atoms with van der Waals surface area (Å²) in [6, 6.07) is 3.10. The van der Waals surface area contributed by atoms with Crippen LogP contribution in [0.2, 0.25) is 0 Å². The van der Waals surface area contributed by atoms with E-state index in [-0.39, 0.29) is 30.0 Å². The van der Waals surface area contributed by atoms with Gasteiger partial charge >= 0.3 is 6.18 Å². The predicted molar refractivity (Wildman–Crippen MR) is 113 cm³/mol. The summed E-state index contributed by atoms with van der Waals surface area (Å²) in [4.78, 5) is 22.6. The lowest BCUT2D eigenvalue weighted by Crippen LogP contribution is -2.52. The van der Waals surface area contributed by atoms with Crippen LogP contribution >= 0.6 is 11.8 Å². The third-order valence-corrected chi connectivity index (χ3v) is 6.30. The second-order valence-corrected chi connectivity index (χ2v) is 8.74. The number of thioether (sulfide) groups is 1. The average molecular weight is 474 g/mol. The fraction of sp³-hybridized carbons (Fsp3) is 0.476. The number of aromatic nitrogens is 2. The number of carbonyl (C=O) groups excluding carboxylic acids is 1. The first-order valence-corrected chi connectivity index (χ1v) is 11.1. The molecular weight excluding hydrogens is 451 g/mol. The fourth-order valence-corrected chi connectivity index (χ4v) is 4.23. The molecular formula is C21H23F5N4OS. The smallest absolute Gasteiger partial charge is 0.355 e. The minimum absolute atomic E-state index is 0.0404. The summed E-state index contributed by atoms with van der Waals surface area (Å²) in [5.74, 6) is -5.88. The summed E-state index contributed by atoms with van der Waals surface area (Å²) < 4.78 is 69.2. The normalized spacial score (nSPS) is 20.8. The summed E-state index contributed by atoms with van der Waals surface area (Å²) in [6.45, 7) is 3.66. The quantitative estimate of drug-likeness (QED) is 0.468. The van der Waals surface area contributed by atoms with Gasteiger partial charge in [0.15, 0.2) is 0 Å². The highest BCUT2D eigenvalue weighted by Crippen LogP contribution is 2.41. The number of anilines is 2. The summed E-state index contributed by atoms with van der Waals surface area (Å²) in [6.07, 6.45) is -0.804. The van der Waals surface area contributed by atoms with E-state index < -0.39 is 35.4 Å². The summed E-state index contributed by atoms with van der Waals surface area (Å²) in [5.41, 5.74) is -1.29. The van der Waals surface area contributed by atoms with E-state index in [0.717, 1.165) is 0 Å². The van der Waals surface area contributed by atoms with Crippen LogP contribution in [-0.4, -0.2) is 41.1 Å². The molecule has 32 heavy (non-hydrogen) atoms. The number of rotatable bonds is 4. The summed E-state index contributed by atoms with van der Waals surface area (Å²) in [5, 5.41) is 3.21. The highest BCUT2D eigenvalue weighted by atomic mass is 32.2. The first-order valence-electron chi connectivity index (χ1n) is 9.87. The Bertz CT molecular complexity index is 1000. The van der Waals surface area contributed by atoms with Crippen LogP contribution in [0.4, 0.5) is 33.5 Å². The Balaban J connectivity index is 2.06. The van der Waals surface area contributed by atoms with E-state index in [1.165, 1.54) is 49.7 Å². The van der Waals surface area contributed by atoms with Crippen LogP contribution in [0, 0.1) is 18.8 Å². The van der Waals surface area contributed by atoms with E-state index in [2.05, 4.69) is 15.3 Å². The second kappa shape index (κ2) is 8.84. The van der Waals surface area contributed by atoms with Gasteiger partial charge < -0.3 is 10.2 Å². The van der Waals surface area contributed by atoms with Gasteiger partial charge in [-0.05, 0) is 30.9 Å². The van der Waals surface area contributed by atoms with Gasteiger partial charge in [0.2, 0.25) is 0 Å². The number of amides is 1. The Kier molecular flexibility index (Phi) is 6.69. The number of hydrogen-bond acceptors (Lipinski definition) is 5. The minimum Gasteiger partial charge on any atom is -0.355 e. The molecule has 0 saturated carbocycles. The van der Waals surface area contributed by atoms with Gasteiger partial charge in [-0.1, -0.05) is 13.8 Å². The van der Waals surface area contributed by atoms with Crippen LogP contribution in [-0.2, 0) is 6.18 Å². The van der Waals surface area contributed by atoms with Gasteiger partial charge in [0.05, 0.1) is 16.2 Å². The third-order valence-electron chi connectivity index (χ3n) is 5.65. The number of halogens is 5. The van der Waals surface area contributed by atoms with Crippen LogP contribution in [0.5, 0.6) is 0 Å². The van der Waals surface area contributed by atoms with E-state index in [0.29, 0.717) is 16.9 Å². The van der Waals surface area contributed by atoms with Crippen LogP contribution in [0.3, 0.4) is 0 Å². The van der Waals surface area contributed by atoms with Crippen molar-refractivity contribution in [2.75, 3.05) is 29.6 Å². The Hall–Kier alpha value is -2.43. The van der Waals surface area contributed by atoms with Crippen molar-refractivity contribution in [3.8, 4) is 0 Å². The molecule has 11 heteroatoms. The SMILES string of the molecule is CSc1cc(NC(=O)c2c(N3CC(C)C(F)(F)C(C)C3)ncc(C(F)(F)F)c2C)ccn1. The van der Waals surface area contributed by atoms with Crippen molar-refractivity contribution in [3.05, 3.63) is 41.2 Å². The number of nitrogens with zero attached hydrogens (tertiary/aromatic N) is 3. The van der Waals surface area contributed by atoms with Gasteiger partial charge in [-0.3, -0.25) is 4.79 Å². The molecule has 1 aliphatic heterocycles. The molecule has 0 radical (unpaired) electrons. The molecule has 2 aromatic rings. The lowest BCUT2D eigenvalue weighted by Gasteiger charge is -2.42. The molecule has 1 fully saturated rings. The molecule has 1 N–H and O–H groups in total. The van der Waals surface area contributed by atoms with Gasteiger partial charge in [0.25, 0.3) is 11.8 Å². The Morgan fingerprint density at radius 1 is 1.22 bits per heavy atom. The van der Waals surface area contributed by atoms with Crippen LogP contribution in [0.1, 0.15) is 35.3 Å². The van der Waals surface area contributed by atoms with Gasteiger partial charge in [-0.2, -0.15) is 13.2 Å². The van der Waals surface area contributed by atoms with Crippen molar-refractivity contribution in [3.63, 3.8) is 0 Å². The molecule has 2 unspecified atom stereocenters. The fourth-order valence-electron chi connectivity index (χ4n) is 3.82. The highest BCUT2D eigenvalue weighted by molar-refractivity contribution is 7.98.